The first kappa shape index (κ1) is 21.8. The van der Waals surface area contributed by atoms with Gasteiger partial charge in [0.1, 0.15) is 11.5 Å². The largest absolute Gasteiger partial charge is 0.507 e. The van der Waals surface area contributed by atoms with Gasteiger partial charge in [0.25, 0.3) is 11.7 Å². The summed E-state index contributed by atoms with van der Waals surface area (Å²) in [6.07, 6.45) is 0. The third-order valence-electron chi connectivity index (χ3n) is 5.57. The zero-order chi connectivity index (χ0) is 23.5. The molecule has 3 aromatic carbocycles. The molecule has 1 aliphatic heterocycles. The van der Waals surface area contributed by atoms with E-state index in [9.17, 15) is 19.5 Å². The maximum Gasteiger partial charge on any atom is 0.335 e. The number of Topliss-reactive ketones (excluding diaryl/α,β-unsaturated/α-hetero) is 1. The van der Waals surface area contributed by atoms with Crippen molar-refractivity contribution in [2.24, 2.45) is 0 Å². The average molecular weight is 443 g/mol. The third kappa shape index (κ3) is 4.08. The Labute approximate surface area is 190 Å². The molecule has 0 aromatic heterocycles. The van der Waals surface area contributed by atoms with Crippen molar-refractivity contribution in [2.45, 2.75) is 12.6 Å². The minimum atomic E-state index is -1.05. The molecule has 0 bridgehead atoms. The molecule has 1 heterocycles. The third-order valence-corrected chi connectivity index (χ3v) is 5.57. The number of hydrogen-bond donors (Lipinski definition) is 2. The van der Waals surface area contributed by atoms with Crippen LogP contribution in [-0.4, -0.2) is 39.9 Å². The molecule has 33 heavy (non-hydrogen) atoms. The SMILES string of the molecule is COc1ccccc1/C(O)=C1\C(=O)C(=O)N(Cc2ccc(C(=O)O)cc2)C1c1ccccc1. The summed E-state index contributed by atoms with van der Waals surface area (Å²) in [7, 11) is 1.46. The molecule has 0 radical (unpaired) electrons. The van der Waals surface area contributed by atoms with Crippen molar-refractivity contribution in [3.8, 4) is 5.75 Å². The number of rotatable bonds is 6. The lowest BCUT2D eigenvalue weighted by atomic mass is 9.95. The molecule has 4 rings (SSSR count). The van der Waals surface area contributed by atoms with Crippen LogP contribution in [0.2, 0.25) is 0 Å². The molecule has 0 aliphatic carbocycles. The number of para-hydroxylation sites is 1. The van der Waals surface area contributed by atoms with Gasteiger partial charge in [-0.05, 0) is 35.4 Å². The van der Waals surface area contributed by atoms with Crippen LogP contribution in [0.4, 0.5) is 0 Å². The predicted octanol–water partition coefficient (Wildman–Crippen LogP) is 4.02. The summed E-state index contributed by atoms with van der Waals surface area (Å²) in [6.45, 7) is 0.0622. The van der Waals surface area contributed by atoms with E-state index in [1.54, 1.807) is 60.7 Å². The van der Waals surface area contributed by atoms with Gasteiger partial charge in [0.2, 0.25) is 0 Å². The lowest BCUT2D eigenvalue weighted by molar-refractivity contribution is -0.140. The van der Waals surface area contributed by atoms with E-state index >= 15 is 0 Å². The number of benzene rings is 3. The van der Waals surface area contributed by atoms with Crippen LogP contribution in [0.1, 0.15) is 33.1 Å². The number of aromatic carboxylic acids is 1. The van der Waals surface area contributed by atoms with E-state index in [0.29, 0.717) is 22.4 Å². The highest BCUT2D eigenvalue weighted by atomic mass is 16.5. The summed E-state index contributed by atoms with van der Waals surface area (Å²) in [4.78, 5) is 38.7. The van der Waals surface area contributed by atoms with E-state index in [1.807, 2.05) is 6.07 Å². The van der Waals surface area contributed by atoms with Crippen molar-refractivity contribution in [3.63, 3.8) is 0 Å². The number of aliphatic hydroxyl groups is 1. The van der Waals surface area contributed by atoms with Gasteiger partial charge >= 0.3 is 5.97 Å². The number of hydrogen-bond acceptors (Lipinski definition) is 5. The highest BCUT2D eigenvalue weighted by Gasteiger charge is 2.46. The Morgan fingerprint density at radius 1 is 0.909 bits per heavy atom. The number of carbonyl (C=O) groups is 3. The van der Waals surface area contributed by atoms with E-state index in [4.69, 9.17) is 9.84 Å². The number of ketones is 1. The number of ether oxygens (including phenoxy) is 1. The quantitative estimate of drug-likeness (QED) is 0.339. The molecule has 3 aromatic rings. The number of amides is 1. The Morgan fingerprint density at radius 2 is 1.55 bits per heavy atom. The fourth-order valence-corrected chi connectivity index (χ4v) is 3.96. The molecule has 0 spiro atoms. The van der Waals surface area contributed by atoms with Crippen LogP contribution < -0.4 is 4.74 Å². The van der Waals surface area contributed by atoms with Crippen LogP contribution in [0.25, 0.3) is 5.76 Å². The van der Waals surface area contributed by atoms with Crippen molar-refractivity contribution in [2.75, 3.05) is 7.11 Å². The zero-order valence-electron chi connectivity index (χ0n) is 17.8. The average Bonchev–Trinajstić information content (AvgIpc) is 3.09. The lowest BCUT2D eigenvalue weighted by Crippen LogP contribution is -2.29. The van der Waals surface area contributed by atoms with Crippen LogP contribution >= 0.6 is 0 Å². The van der Waals surface area contributed by atoms with Gasteiger partial charge in [-0.25, -0.2) is 4.79 Å². The Morgan fingerprint density at radius 3 is 2.18 bits per heavy atom. The van der Waals surface area contributed by atoms with Gasteiger partial charge in [-0.3, -0.25) is 9.59 Å². The van der Waals surface area contributed by atoms with Crippen molar-refractivity contribution in [3.05, 3.63) is 107 Å². The number of nitrogens with zero attached hydrogens (tertiary/aromatic N) is 1. The van der Waals surface area contributed by atoms with Gasteiger partial charge in [0, 0.05) is 6.54 Å². The first-order chi connectivity index (χ1) is 15.9. The monoisotopic (exact) mass is 443 g/mol. The standard InChI is InChI=1S/C26H21NO6/c1-33-20-10-6-5-9-19(20)23(28)21-22(17-7-3-2-4-8-17)27(25(30)24(21)29)15-16-11-13-18(14-12-16)26(31)32/h2-14,22,28H,15H2,1H3,(H,31,32)/b23-21+. The summed E-state index contributed by atoms with van der Waals surface area (Å²) in [6, 6.07) is 21.0. The molecular weight excluding hydrogens is 422 g/mol. The summed E-state index contributed by atoms with van der Waals surface area (Å²) < 4.78 is 5.33. The molecule has 2 N–H and O–H groups in total. The number of carboxylic acid groups (broad SMARTS) is 1. The minimum absolute atomic E-state index is 0.0298. The summed E-state index contributed by atoms with van der Waals surface area (Å²) in [5.41, 5.74) is 1.72. The minimum Gasteiger partial charge on any atom is -0.507 e. The molecule has 1 aliphatic rings. The topological polar surface area (TPSA) is 104 Å². The second-order valence-electron chi connectivity index (χ2n) is 7.54. The highest BCUT2D eigenvalue weighted by Crippen LogP contribution is 2.41. The fourth-order valence-electron chi connectivity index (χ4n) is 3.96. The van der Waals surface area contributed by atoms with Gasteiger partial charge < -0.3 is 19.8 Å². The van der Waals surface area contributed by atoms with Crippen LogP contribution in [0, 0.1) is 0 Å². The maximum atomic E-state index is 13.1. The van der Waals surface area contributed by atoms with E-state index < -0.39 is 23.7 Å². The molecule has 7 heteroatoms. The van der Waals surface area contributed by atoms with Gasteiger partial charge in [0.15, 0.2) is 0 Å². The number of likely N-dealkylation sites (tertiary alicyclic amines) is 1. The first-order valence-corrected chi connectivity index (χ1v) is 10.2. The molecule has 166 valence electrons. The molecule has 7 nitrogen and oxygen atoms in total. The molecule has 1 atom stereocenters. The number of methoxy groups -OCH3 is 1. The Balaban J connectivity index is 1.83. The lowest BCUT2D eigenvalue weighted by Gasteiger charge is -2.25. The molecule has 1 fully saturated rings. The molecule has 1 saturated heterocycles. The van der Waals surface area contributed by atoms with E-state index in [1.165, 1.54) is 24.1 Å². The summed E-state index contributed by atoms with van der Waals surface area (Å²) in [5, 5.41) is 20.3. The first-order valence-electron chi connectivity index (χ1n) is 10.2. The van der Waals surface area contributed by atoms with Gasteiger partial charge in [0.05, 0.1) is 29.9 Å². The number of carboxylic acids is 1. The maximum absolute atomic E-state index is 13.1. The van der Waals surface area contributed by atoms with Gasteiger partial charge in [-0.1, -0.05) is 54.6 Å². The summed E-state index contributed by atoms with van der Waals surface area (Å²) in [5.74, 6) is -2.54. The van der Waals surface area contributed by atoms with Crippen LogP contribution in [0.3, 0.4) is 0 Å². The Bertz CT molecular complexity index is 1250. The van der Waals surface area contributed by atoms with E-state index in [-0.39, 0.29) is 23.4 Å². The van der Waals surface area contributed by atoms with Crippen LogP contribution in [0.5, 0.6) is 5.75 Å². The van der Waals surface area contributed by atoms with Crippen LogP contribution in [-0.2, 0) is 16.1 Å². The van der Waals surface area contributed by atoms with Crippen molar-refractivity contribution in [1.82, 2.24) is 4.90 Å². The number of carbonyl (C=O) groups excluding carboxylic acids is 2. The second kappa shape index (κ2) is 9.00. The molecule has 1 unspecified atom stereocenters. The van der Waals surface area contributed by atoms with Crippen molar-refractivity contribution >= 4 is 23.4 Å². The zero-order valence-corrected chi connectivity index (χ0v) is 17.8. The normalized spacial score (nSPS) is 17.2. The van der Waals surface area contributed by atoms with Gasteiger partial charge in [-0.2, -0.15) is 0 Å². The van der Waals surface area contributed by atoms with E-state index in [0.717, 1.165) is 0 Å². The predicted molar refractivity (Wildman–Crippen MR) is 121 cm³/mol. The number of aliphatic hydroxyl groups excluding tert-OH is 1. The molecule has 0 saturated carbocycles. The highest BCUT2D eigenvalue weighted by molar-refractivity contribution is 6.46. The van der Waals surface area contributed by atoms with Gasteiger partial charge in [-0.15, -0.1) is 0 Å². The fraction of sp³-hybridized carbons (Fsp3) is 0.115. The smallest absolute Gasteiger partial charge is 0.335 e. The summed E-state index contributed by atoms with van der Waals surface area (Å²) >= 11 is 0. The molecule has 1 amide bonds. The van der Waals surface area contributed by atoms with E-state index in [2.05, 4.69) is 0 Å². The van der Waals surface area contributed by atoms with Crippen LogP contribution in [0.15, 0.2) is 84.4 Å². The Kier molecular flexibility index (Phi) is 5.95. The van der Waals surface area contributed by atoms with Crippen molar-refractivity contribution in [1.29, 1.82) is 0 Å². The molecular formula is C26H21NO6. The Hall–Kier alpha value is -4.39. The van der Waals surface area contributed by atoms with Crippen molar-refractivity contribution < 1.29 is 29.3 Å². The second-order valence-corrected chi connectivity index (χ2v) is 7.54.